The maximum absolute atomic E-state index is 5.29. The molecule has 1 fully saturated rings. The summed E-state index contributed by atoms with van der Waals surface area (Å²) in [5.41, 5.74) is 0.422. The second-order valence-electron chi connectivity index (χ2n) is 5.56. The van der Waals surface area contributed by atoms with Crippen LogP contribution in [0, 0.1) is 5.41 Å². The monoisotopic (exact) mass is 251 g/mol. The summed E-state index contributed by atoms with van der Waals surface area (Å²) in [5, 5.41) is 3.63. The minimum absolute atomic E-state index is 0.422. The first-order valence-corrected chi connectivity index (χ1v) is 6.91. The van der Waals surface area contributed by atoms with E-state index in [0.29, 0.717) is 11.5 Å². The Labute approximate surface area is 110 Å². The fourth-order valence-electron chi connectivity index (χ4n) is 2.43. The van der Waals surface area contributed by atoms with Crippen LogP contribution in [0.25, 0.3) is 0 Å². The van der Waals surface area contributed by atoms with Crippen molar-refractivity contribution in [2.24, 2.45) is 5.41 Å². The van der Waals surface area contributed by atoms with Gasteiger partial charge in [-0.3, -0.25) is 0 Å². The van der Waals surface area contributed by atoms with E-state index in [1.165, 1.54) is 18.7 Å². The fraction of sp³-hybridized carbons (Fsp3) is 0.786. The van der Waals surface area contributed by atoms with Crippen molar-refractivity contribution in [2.75, 3.05) is 20.3 Å². The number of ether oxygens (including phenoxy) is 1. The van der Waals surface area contributed by atoms with Crippen LogP contribution in [-0.2, 0) is 17.7 Å². The molecule has 0 bridgehead atoms. The number of hydrogen-bond donors (Lipinski definition) is 1. The van der Waals surface area contributed by atoms with Gasteiger partial charge in [0.1, 0.15) is 5.82 Å². The zero-order valence-corrected chi connectivity index (χ0v) is 11.8. The molecule has 2 rings (SSSR count). The molecule has 0 saturated heterocycles. The Balaban J connectivity index is 1.77. The maximum Gasteiger partial charge on any atom is 0.108 e. The molecule has 1 aromatic rings. The smallest absolute Gasteiger partial charge is 0.108 e. The van der Waals surface area contributed by atoms with Crippen molar-refractivity contribution in [3.8, 4) is 0 Å². The molecule has 0 radical (unpaired) electrons. The van der Waals surface area contributed by atoms with E-state index in [-0.39, 0.29) is 0 Å². The zero-order chi connectivity index (χ0) is 13.0. The summed E-state index contributed by atoms with van der Waals surface area (Å²) in [6.45, 7) is 7.33. The molecule has 1 saturated carbocycles. The van der Waals surface area contributed by atoms with Crippen molar-refractivity contribution in [2.45, 2.75) is 45.7 Å². The van der Waals surface area contributed by atoms with Crippen LogP contribution < -0.4 is 5.32 Å². The molecular formula is C14H25N3O. The molecule has 0 aliphatic heterocycles. The molecule has 1 atom stereocenters. The Kier molecular flexibility index (Phi) is 4.40. The van der Waals surface area contributed by atoms with Crippen molar-refractivity contribution in [3.63, 3.8) is 0 Å². The average Bonchev–Trinajstić information content (AvgIpc) is 2.98. The molecule has 102 valence electrons. The fourth-order valence-corrected chi connectivity index (χ4v) is 2.43. The van der Waals surface area contributed by atoms with E-state index in [1.807, 2.05) is 6.20 Å². The lowest BCUT2D eigenvalue weighted by Crippen LogP contribution is -2.36. The topological polar surface area (TPSA) is 39.1 Å². The van der Waals surface area contributed by atoms with Crippen LogP contribution in [0.4, 0.5) is 0 Å². The number of methoxy groups -OCH3 is 1. The lowest BCUT2D eigenvalue weighted by Gasteiger charge is -2.20. The average molecular weight is 251 g/mol. The molecule has 0 spiro atoms. The molecule has 4 nitrogen and oxygen atoms in total. The van der Waals surface area contributed by atoms with E-state index in [1.54, 1.807) is 7.11 Å². The first kappa shape index (κ1) is 13.6. The van der Waals surface area contributed by atoms with Gasteiger partial charge < -0.3 is 14.6 Å². The number of nitrogens with one attached hydrogen (secondary N) is 1. The summed E-state index contributed by atoms with van der Waals surface area (Å²) in [4.78, 5) is 4.35. The lowest BCUT2D eigenvalue weighted by atomic mass is 10.1. The third-order valence-electron chi connectivity index (χ3n) is 3.82. The SMILES string of the molecule is CCc1nccn1CC(C)NCC1(COC)CC1. The highest BCUT2D eigenvalue weighted by Gasteiger charge is 2.42. The number of aromatic nitrogens is 2. The van der Waals surface area contributed by atoms with Gasteiger partial charge in [-0.05, 0) is 19.8 Å². The minimum Gasteiger partial charge on any atom is -0.384 e. The third kappa shape index (κ3) is 3.33. The van der Waals surface area contributed by atoms with Crippen LogP contribution in [0.3, 0.4) is 0 Å². The summed E-state index contributed by atoms with van der Waals surface area (Å²) in [6.07, 6.45) is 7.54. The van der Waals surface area contributed by atoms with Gasteiger partial charge in [0.2, 0.25) is 0 Å². The number of nitrogens with zero attached hydrogens (tertiary/aromatic N) is 2. The molecule has 1 aliphatic carbocycles. The van der Waals surface area contributed by atoms with E-state index in [9.17, 15) is 0 Å². The summed E-state index contributed by atoms with van der Waals surface area (Å²) in [7, 11) is 1.79. The molecule has 1 aliphatic rings. The minimum atomic E-state index is 0.422. The van der Waals surface area contributed by atoms with Crippen LogP contribution in [0.2, 0.25) is 0 Å². The van der Waals surface area contributed by atoms with Gasteiger partial charge in [0.15, 0.2) is 0 Å². The highest BCUT2D eigenvalue weighted by atomic mass is 16.5. The van der Waals surface area contributed by atoms with E-state index in [2.05, 4.69) is 34.9 Å². The van der Waals surface area contributed by atoms with Gasteiger partial charge in [-0.1, -0.05) is 6.92 Å². The molecule has 0 amide bonds. The Bertz CT molecular complexity index is 371. The van der Waals surface area contributed by atoms with Crippen molar-refractivity contribution in [1.82, 2.24) is 14.9 Å². The highest BCUT2D eigenvalue weighted by Crippen LogP contribution is 2.45. The van der Waals surface area contributed by atoms with Crippen LogP contribution in [0.1, 0.15) is 32.5 Å². The van der Waals surface area contributed by atoms with Gasteiger partial charge in [0.05, 0.1) is 6.61 Å². The summed E-state index contributed by atoms with van der Waals surface area (Å²) in [6, 6.07) is 0.471. The zero-order valence-electron chi connectivity index (χ0n) is 11.8. The standard InChI is InChI=1S/C14H25N3O/c1-4-13-15-7-8-17(13)9-12(2)16-10-14(5-6-14)11-18-3/h7-8,12,16H,4-6,9-11H2,1-3H3. The Hall–Kier alpha value is -0.870. The van der Waals surface area contributed by atoms with Crippen LogP contribution in [0.15, 0.2) is 12.4 Å². The quantitative estimate of drug-likeness (QED) is 0.766. The number of hydrogen-bond acceptors (Lipinski definition) is 3. The molecule has 0 aromatic carbocycles. The van der Waals surface area contributed by atoms with E-state index >= 15 is 0 Å². The summed E-state index contributed by atoms with van der Waals surface area (Å²) < 4.78 is 7.53. The predicted octanol–water partition coefficient (Wildman–Crippen LogP) is 1.85. The van der Waals surface area contributed by atoms with Gasteiger partial charge in [-0.2, -0.15) is 0 Å². The van der Waals surface area contributed by atoms with Crippen LogP contribution in [-0.4, -0.2) is 35.9 Å². The summed E-state index contributed by atoms with van der Waals surface area (Å²) >= 11 is 0. The number of aryl methyl sites for hydroxylation is 1. The first-order chi connectivity index (χ1) is 8.69. The molecule has 1 aromatic heterocycles. The molecule has 1 N–H and O–H groups in total. The second kappa shape index (κ2) is 5.85. The second-order valence-corrected chi connectivity index (χ2v) is 5.56. The first-order valence-electron chi connectivity index (χ1n) is 6.91. The van der Waals surface area contributed by atoms with Gasteiger partial charge in [0.25, 0.3) is 0 Å². The normalized spacial score (nSPS) is 18.8. The van der Waals surface area contributed by atoms with Crippen LogP contribution >= 0.6 is 0 Å². The molecule has 4 heteroatoms. The largest absolute Gasteiger partial charge is 0.384 e. The maximum atomic E-state index is 5.29. The third-order valence-corrected chi connectivity index (χ3v) is 3.82. The Morgan fingerprint density at radius 2 is 2.33 bits per heavy atom. The highest BCUT2D eigenvalue weighted by molar-refractivity contribution is 4.96. The lowest BCUT2D eigenvalue weighted by molar-refractivity contribution is 0.137. The van der Waals surface area contributed by atoms with Crippen LogP contribution in [0.5, 0.6) is 0 Å². The predicted molar refractivity (Wildman–Crippen MR) is 72.6 cm³/mol. The Morgan fingerprint density at radius 3 is 2.94 bits per heavy atom. The van der Waals surface area contributed by atoms with Gasteiger partial charge in [-0.15, -0.1) is 0 Å². The molecule has 1 unspecified atom stereocenters. The van der Waals surface area contributed by atoms with Crippen molar-refractivity contribution in [3.05, 3.63) is 18.2 Å². The molecule has 1 heterocycles. The molecular weight excluding hydrogens is 226 g/mol. The van der Waals surface area contributed by atoms with Gasteiger partial charge in [0, 0.05) is 50.5 Å². The number of imidazole rings is 1. The summed E-state index contributed by atoms with van der Waals surface area (Å²) in [5.74, 6) is 1.17. The van der Waals surface area contributed by atoms with Crippen molar-refractivity contribution in [1.29, 1.82) is 0 Å². The van der Waals surface area contributed by atoms with Gasteiger partial charge in [-0.25, -0.2) is 4.98 Å². The van der Waals surface area contributed by atoms with E-state index in [0.717, 1.165) is 26.1 Å². The van der Waals surface area contributed by atoms with E-state index in [4.69, 9.17) is 4.74 Å². The van der Waals surface area contributed by atoms with Crippen molar-refractivity contribution < 1.29 is 4.74 Å². The Morgan fingerprint density at radius 1 is 1.56 bits per heavy atom. The van der Waals surface area contributed by atoms with Crippen molar-refractivity contribution >= 4 is 0 Å². The van der Waals surface area contributed by atoms with Gasteiger partial charge >= 0.3 is 0 Å². The number of rotatable bonds is 8. The van der Waals surface area contributed by atoms with E-state index < -0.39 is 0 Å². The molecule has 18 heavy (non-hydrogen) atoms.